The van der Waals surface area contributed by atoms with Crippen molar-refractivity contribution >= 4 is 17.5 Å². The van der Waals surface area contributed by atoms with E-state index in [1.165, 1.54) is 0 Å². The van der Waals surface area contributed by atoms with Gasteiger partial charge in [0.25, 0.3) is 0 Å². The number of carbonyl (C=O) groups is 2. The van der Waals surface area contributed by atoms with Crippen molar-refractivity contribution in [3.63, 3.8) is 0 Å². The molecule has 4 heteroatoms. The van der Waals surface area contributed by atoms with Gasteiger partial charge in [0.15, 0.2) is 5.78 Å². The molecule has 19 heavy (non-hydrogen) atoms. The average molecular weight is 258 g/mol. The second-order valence-electron chi connectivity index (χ2n) is 5.27. The maximum absolute atomic E-state index is 12.0. The molecule has 0 spiro atoms. The molecule has 1 N–H and O–H groups in total. The number of hydrogen-bond donors (Lipinski definition) is 1. The fourth-order valence-electron chi connectivity index (χ4n) is 2.83. The third-order valence-corrected chi connectivity index (χ3v) is 3.90. The van der Waals surface area contributed by atoms with Gasteiger partial charge in [-0.05, 0) is 43.4 Å². The summed E-state index contributed by atoms with van der Waals surface area (Å²) in [4.78, 5) is 25.7. The summed E-state index contributed by atoms with van der Waals surface area (Å²) >= 11 is 0. The van der Waals surface area contributed by atoms with E-state index in [-0.39, 0.29) is 11.8 Å². The number of nitrogens with one attached hydrogen (secondary N) is 1. The Balaban J connectivity index is 1.76. The second-order valence-corrected chi connectivity index (χ2v) is 5.27. The molecule has 0 bridgehead atoms. The number of anilines is 1. The molecule has 1 heterocycles. The van der Waals surface area contributed by atoms with Crippen molar-refractivity contribution in [1.82, 2.24) is 4.90 Å². The zero-order valence-corrected chi connectivity index (χ0v) is 10.9. The topological polar surface area (TPSA) is 49.4 Å². The van der Waals surface area contributed by atoms with E-state index in [1.54, 1.807) is 0 Å². The van der Waals surface area contributed by atoms with Gasteiger partial charge in [0.05, 0.1) is 0 Å². The van der Waals surface area contributed by atoms with E-state index in [0.717, 1.165) is 55.6 Å². The predicted octanol–water partition coefficient (Wildman–Crippen LogP) is 2.83. The minimum absolute atomic E-state index is 0.0549. The molecular formula is C15H18N2O2. The Morgan fingerprint density at radius 3 is 2.68 bits per heavy atom. The first-order valence-corrected chi connectivity index (χ1v) is 6.96. The number of hydrogen-bond acceptors (Lipinski definition) is 2. The highest BCUT2D eigenvalue weighted by Gasteiger charge is 2.20. The summed E-state index contributed by atoms with van der Waals surface area (Å²) in [6.07, 6.45) is 4.68. The third kappa shape index (κ3) is 2.48. The van der Waals surface area contributed by atoms with Gasteiger partial charge < -0.3 is 10.2 Å². The molecule has 2 aliphatic rings. The minimum Gasteiger partial charge on any atom is -0.325 e. The van der Waals surface area contributed by atoms with E-state index in [9.17, 15) is 9.59 Å². The van der Waals surface area contributed by atoms with Crippen LogP contribution in [0.1, 0.15) is 41.6 Å². The lowest BCUT2D eigenvalue weighted by Gasteiger charge is -2.18. The number of amides is 2. The number of fused-ring (bicyclic) bond motifs is 1. The van der Waals surface area contributed by atoms with Crippen LogP contribution in [-0.2, 0) is 6.42 Å². The van der Waals surface area contributed by atoms with Crippen molar-refractivity contribution in [1.29, 1.82) is 0 Å². The van der Waals surface area contributed by atoms with Crippen LogP contribution >= 0.6 is 0 Å². The Labute approximate surface area is 112 Å². The number of ketones is 1. The summed E-state index contributed by atoms with van der Waals surface area (Å²) in [5, 5.41) is 2.89. The molecule has 1 aromatic rings. The van der Waals surface area contributed by atoms with Crippen LogP contribution in [0.3, 0.4) is 0 Å². The summed E-state index contributed by atoms with van der Waals surface area (Å²) in [5.41, 5.74) is 2.62. The molecular weight excluding hydrogens is 240 g/mol. The number of benzene rings is 1. The van der Waals surface area contributed by atoms with Crippen LogP contribution in [0.4, 0.5) is 10.5 Å². The van der Waals surface area contributed by atoms with Crippen LogP contribution in [0.2, 0.25) is 0 Å². The molecule has 1 aliphatic heterocycles. The zero-order chi connectivity index (χ0) is 13.2. The van der Waals surface area contributed by atoms with E-state index in [1.807, 2.05) is 23.1 Å². The second kappa shape index (κ2) is 5.03. The molecule has 0 atom stereocenters. The van der Waals surface area contributed by atoms with Crippen molar-refractivity contribution in [3.05, 3.63) is 29.3 Å². The van der Waals surface area contributed by atoms with E-state index >= 15 is 0 Å². The fraction of sp³-hybridized carbons (Fsp3) is 0.467. The van der Waals surface area contributed by atoms with Crippen LogP contribution in [0.5, 0.6) is 0 Å². The summed E-state index contributed by atoms with van der Waals surface area (Å²) in [5.74, 6) is 0.193. The molecule has 2 amide bonds. The lowest BCUT2D eigenvalue weighted by Crippen LogP contribution is -2.32. The highest BCUT2D eigenvalue weighted by Crippen LogP contribution is 2.24. The number of Topliss-reactive ketones (excluding diaryl/α,β-unsaturated/α-hetero) is 1. The number of rotatable bonds is 1. The van der Waals surface area contributed by atoms with Gasteiger partial charge in [-0.15, -0.1) is 0 Å². The normalized spacial score (nSPS) is 18.3. The van der Waals surface area contributed by atoms with E-state index in [2.05, 4.69) is 5.32 Å². The Morgan fingerprint density at radius 2 is 1.89 bits per heavy atom. The van der Waals surface area contributed by atoms with Crippen molar-refractivity contribution in [2.75, 3.05) is 18.4 Å². The molecule has 0 aromatic heterocycles. The van der Waals surface area contributed by atoms with Crippen LogP contribution in [0.25, 0.3) is 0 Å². The Kier molecular flexibility index (Phi) is 3.23. The van der Waals surface area contributed by atoms with Crippen molar-refractivity contribution in [3.8, 4) is 0 Å². The Hall–Kier alpha value is -1.84. The first-order chi connectivity index (χ1) is 9.24. The standard InChI is InChI=1S/C15H18N2O2/c18-14-5-3-4-11-6-7-12(10-13(11)14)16-15(19)17-8-1-2-9-17/h6-7,10H,1-5,8-9H2,(H,16,19). The summed E-state index contributed by atoms with van der Waals surface area (Å²) in [7, 11) is 0. The fourth-order valence-corrected chi connectivity index (χ4v) is 2.83. The van der Waals surface area contributed by atoms with Gasteiger partial charge in [-0.2, -0.15) is 0 Å². The molecule has 4 nitrogen and oxygen atoms in total. The SMILES string of the molecule is O=C1CCCc2ccc(NC(=O)N3CCCC3)cc21. The summed E-state index contributed by atoms with van der Waals surface area (Å²) in [6.45, 7) is 1.66. The lowest BCUT2D eigenvalue weighted by atomic mass is 9.90. The molecule has 1 saturated heterocycles. The van der Waals surface area contributed by atoms with Crippen LogP contribution in [-0.4, -0.2) is 29.8 Å². The highest BCUT2D eigenvalue weighted by atomic mass is 16.2. The minimum atomic E-state index is -0.0549. The first-order valence-electron chi connectivity index (χ1n) is 6.96. The lowest BCUT2D eigenvalue weighted by molar-refractivity contribution is 0.0972. The molecule has 0 unspecified atom stereocenters. The number of urea groups is 1. The van der Waals surface area contributed by atoms with E-state index in [4.69, 9.17) is 0 Å². The maximum atomic E-state index is 12.0. The quantitative estimate of drug-likeness (QED) is 0.842. The van der Waals surface area contributed by atoms with Crippen LogP contribution in [0.15, 0.2) is 18.2 Å². The van der Waals surface area contributed by atoms with Gasteiger partial charge in [-0.3, -0.25) is 4.79 Å². The number of carbonyl (C=O) groups excluding carboxylic acids is 2. The number of likely N-dealkylation sites (tertiary alicyclic amines) is 1. The average Bonchev–Trinajstić information content (AvgIpc) is 2.94. The van der Waals surface area contributed by atoms with Crippen molar-refractivity contribution < 1.29 is 9.59 Å². The van der Waals surface area contributed by atoms with Gasteiger partial charge in [0.1, 0.15) is 0 Å². The smallest absolute Gasteiger partial charge is 0.321 e. The predicted molar refractivity (Wildman–Crippen MR) is 73.5 cm³/mol. The third-order valence-electron chi connectivity index (χ3n) is 3.90. The van der Waals surface area contributed by atoms with Gasteiger partial charge in [-0.1, -0.05) is 6.07 Å². The number of nitrogens with zero attached hydrogens (tertiary/aromatic N) is 1. The van der Waals surface area contributed by atoms with Gasteiger partial charge in [0.2, 0.25) is 0 Å². The van der Waals surface area contributed by atoms with E-state index in [0.29, 0.717) is 6.42 Å². The van der Waals surface area contributed by atoms with Crippen LogP contribution in [0, 0.1) is 0 Å². The molecule has 100 valence electrons. The molecule has 1 fully saturated rings. The monoisotopic (exact) mass is 258 g/mol. The molecule has 3 rings (SSSR count). The Bertz CT molecular complexity index is 519. The largest absolute Gasteiger partial charge is 0.325 e. The zero-order valence-electron chi connectivity index (χ0n) is 10.9. The molecule has 0 radical (unpaired) electrons. The molecule has 0 saturated carbocycles. The first kappa shape index (κ1) is 12.2. The van der Waals surface area contributed by atoms with E-state index < -0.39 is 0 Å². The van der Waals surface area contributed by atoms with Crippen molar-refractivity contribution in [2.45, 2.75) is 32.1 Å². The van der Waals surface area contributed by atoms with Gasteiger partial charge >= 0.3 is 6.03 Å². The molecule has 1 aromatic carbocycles. The summed E-state index contributed by atoms with van der Waals surface area (Å²) in [6, 6.07) is 5.63. The Morgan fingerprint density at radius 1 is 1.11 bits per heavy atom. The van der Waals surface area contributed by atoms with Crippen molar-refractivity contribution in [2.24, 2.45) is 0 Å². The van der Waals surface area contributed by atoms with Gasteiger partial charge in [0, 0.05) is 30.8 Å². The number of aryl methyl sites for hydroxylation is 1. The van der Waals surface area contributed by atoms with Crippen LogP contribution < -0.4 is 5.32 Å². The summed E-state index contributed by atoms with van der Waals surface area (Å²) < 4.78 is 0. The maximum Gasteiger partial charge on any atom is 0.321 e. The van der Waals surface area contributed by atoms with Gasteiger partial charge in [-0.25, -0.2) is 4.79 Å². The molecule has 1 aliphatic carbocycles. The highest BCUT2D eigenvalue weighted by molar-refractivity contribution is 6.00.